The molecule has 2 fully saturated rings. The van der Waals surface area contributed by atoms with Crippen LogP contribution in [0.1, 0.15) is 54.1 Å². The van der Waals surface area contributed by atoms with Crippen molar-refractivity contribution >= 4 is 23.4 Å². The van der Waals surface area contributed by atoms with E-state index < -0.39 is 11.9 Å². The Morgan fingerprint density at radius 2 is 2.09 bits per heavy atom. The normalized spacial score (nSPS) is 21.5. The van der Waals surface area contributed by atoms with Gasteiger partial charge in [-0.15, -0.1) is 0 Å². The Kier molecular flexibility index (Phi) is 3.97. The number of aromatic carboxylic acids is 1. The van der Waals surface area contributed by atoms with E-state index in [0.29, 0.717) is 23.7 Å². The number of anilines is 1. The Hall–Kier alpha value is -1.43. The maximum Gasteiger partial charge on any atom is 0.339 e. The summed E-state index contributed by atoms with van der Waals surface area (Å²) in [5.41, 5.74) is 0.678. The van der Waals surface area contributed by atoms with Gasteiger partial charge < -0.3 is 10.0 Å². The molecule has 0 radical (unpaired) electrons. The second-order valence-corrected chi connectivity index (χ2v) is 6.41. The summed E-state index contributed by atoms with van der Waals surface area (Å²) >= 11 is 6.13. The third-order valence-corrected chi connectivity index (χ3v) is 4.50. The third-order valence-electron chi connectivity index (χ3n) is 4.20. The van der Waals surface area contributed by atoms with E-state index in [1.807, 2.05) is 0 Å². The van der Waals surface area contributed by atoms with Crippen LogP contribution in [0, 0.1) is 0 Å². The average molecular weight is 331 g/mol. The maximum absolute atomic E-state index is 13.5. The summed E-state index contributed by atoms with van der Waals surface area (Å²) in [5.74, 6) is -3.29. The van der Waals surface area contributed by atoms with Crippen LogP contribution in [0.4, 0.5) is 14.6 Å². The molecule has 4 nitrogen and oxygen atoms in total. The summed E-state index contributed by atoms with van der Waals surface area (Å²) in [4.78, 5) is 17.5. The van der Waals surface area contributed by atoms with Gasteiger partial charge in [0.1, 0.15) is 11.4 Å². The fraction of sp³-hybridized carbons (Fsp3) is 0.600. The smallest absolute Gasteiger partial charge is 0.339 e. The van der Waals surface area contributed by atoms with Crippen molar-refractivity contribution in [1.29, 1.82) is 0 Å². The molecule has 0 aromatic carbocycles. The van der Waals surface area contributed by atoms with E-state index in [2.05, 4.69) is 4.98 Å². The lowest BCUT2D eigenvalue weighted by atomic mass is 10.1. The van der Waals surface area contributed by atoms with Gasteiger partial charge in [0.05, 0.1) is 10.7 Å². The lowest BCUT2D eigenvalue weighted by Gasteiger charge is -2.24. The molecule has 1 aromatic rings. The van der Waals surface area contributed by atoms with Crippen molar-refractivity contribution in [3.05, 3.63) is 22.3 Å². The van der Waals surface area contributed by atoms with Crippen molar-refractivity contribution in [1.82, 2.24) is 4.98 Å². The minimum absolute atomic E-state index is 0.0142. The molecule has 0 bridgehead atoms. The number of hydrogen-bond donors (Lipinski definition) is 1. The summed E-state index contributed by atoms with van der Waals surface area (Å²) in [5, 5.41) is 9.72. The number of alkyl halides is 2. The largest absolute Gasteiger partial charge is 0.478 e. The molecular weight excluding hydrogens is 314 g/mol. The van der Waals surface area contributed by atoms with Gasteiger partial charge >= 0.3 is 5.97 Å². The van der Waals surface area contributed by atoms with Gasteiger partial charge in [-0.1, -0.05) is 11.6 Å². The molecule has 0 atom stereocenters. The molecule has 1 aromatic heterocycles. The zero-order chi connectivity index (χ0) is 15.9. The van der Waals surface area contributed by atoms with Crippen LogP contribution in [-0.4, -0.2) is 35.1 Å². The Balaban J connectivity index is 1.96. The highest BCUT2D eigenvalue weighted by Crippen LogP contribution is 2.43. The summed E-state index contributed by atoms with van der Waals surface area (Å²) in [7, 11) is 0. The van der Waals surface area contributed by atoms with Crippen molar-refractivity contribution in [2.24, 2.45) is 0 Å². The van der Waals surface area contributed by atoms with E-state index in [9.17, 15) is 18.7 Å². The quantitative estimate of drug-likeness (QED) is 0.912. The van der Waals surface area contributed by atoms with Gasteiger partial charge in [0.25, 0.3) is 0 Å². The number of rotatable bonds is 3. The molecule has 3 rings (SSSR count). The van der Waals surface area contributed by atoms with Crippen LogP contribution in [0.25, 0.3) is 0 Å². The Morgan fingerprint density at radius 1 is 1.36 bits per heavy atom. The first kappa shape index (κ1) is 15.5. The number of nitrogens with zero attached hydrogens (tertiary/aromatic N) is 2. The van der Waals surface area contributed by atoms with Gasteiger partial charge in [0.2, 0.25) is 5.92 Å². The average Bonchev–Trinajstić information content (AvgIpc) is 3.26. The molecule has 1 aliphatic heterocycles. The number of carboxylic acids is 1. The molecule has 0 unspecified atom stereocenters. The molecule has 1 saturated heterocycles. The van der Waals surface area contributed by atoms with E-state index in [0.717, 1.165) is 12.8 Å². The standard InChI is InChI=1S/C15H17ClF2N2O2/c16-11-8-10(14(21)22)13(19-12(11)9-2-3-9)20-6-1-4-15(17,18)5-7-20/h8-9H,1-7H2,(H,21,22). The minimum Gasteiger partial charge on any atom is -0.478 e. The fourth-order valence-corrected chi connectivity index (χ4v) is 3.12. The first-order chi connectivity index (χ1) is 10.4. The summed E-state index contributed by atoms with van der Waals surface area (Å²) in [6.07, 6.45) is 1.83. The van der Waals surface area contributed by atoms with Gasteiger partial charge in [-0.3, -0.25) is 0 Å². The van der Waals surface area contributed by atoms with Crippen molar-refractivity contribution in [2.45, 2.75) is 43.9 Å². The summed E-state index contributed by atoms with van der Waals surface area (Å²) in [6.45, 7) is 0.487. The number of aromatic nitrogens is 1. The number of pyridine rings is 1. The van der Waals surface area contributed by atoms with E-state index in [1.54, 1.807) is 4.90 Å². The first-order valence-corrected chi connectivity index (χ1v) is 7.82. The van der Waals surface area contributed by atoms with Crippen molar-refractivity contribution in [3.63, 3.8) is 0 Å². The lowest BCUT2D eigenvalue weighted by Crippen LogP contribution is -2.28. The number of hydrogen-bond acceptors (Lipinski definition) is 3. The van der Waals surface area contributed by atoms with Crippen LogP contribution in [0.15, 0.2) is 6.07 Å². The second kappa shape index (κ2) is 5.65. The molecule has 7 heteroatoms. The van der Waals surface area contributed by atoms with Gasteiger partial charge in [-0.2, -0.15) is 0 Å². The number of carboxylic acid groups (broad SMARTS) is 1. The molecule has 1 saturated carbocycles. The number of halogens is 3. The lowest BCUT2D eigenvalue weighted by molar-refractivity contribution is -0.0102. The molecule has 1 aliphatic carbocycles. The van der Waals surface area contributed by atoms with Gasteiger partial charge in [0.15, 0.2) is 0 Å². The molecule has 2 aliphatic rings. The highest BCUT2D eigenvalue weighted by atomic mass is 35.5. The summed E-state index contributed by atoms with van der Waals surface area (Å²) < 4.78 is 27.0. The highest BCUT2D eigenvalue weighted by Gasteiger charge is 2.34. The molecule has 2 heterocycles. The van der Waals surface area contributed by atoms with Crippen LogP contribution in [0.5, 0.6) is 0 Å². The molecule has 0 amide bonds. The molecule has 0 spiro atoms. The van der Waals surface area contributed by atoms with E-state index in [1.165, 1.54) is 6.07 Å². The van der Waals surface area contributed by atoms with E-state index in [-0.39, 0.29) is 36.7 Å². The topological polar surface area (TPSA) is 53.4 Å². The zero-order valence-electron chi connectivity index (χ0n) is 12.0. The van der Waals surface area contributed by atoms with Gasteiger partial charge in [-0.25, -0.2) is 18.6 Å². The second-order valence-electron chi connectivity index (χ2n) is 6.00. The SMILES string of the molecule is O=C(O)c1cc(Cl)c(C2CC2)nc1N1CCCC(F)(F)CC1. The molecule has 1 N–H and O–H groups in total. The third kappa shape index (κ3) is 3.16. The zero-order valence-corrected chi connectivity index (χ0v) is 12.7. The van der Waals surface area contributed by atoms with E-state index >= 15 is 0 Å². The van der Waals surface area contributed by atoms with Crippen LogP contribution in [0.3, 0.4) is 0 Å². The van der Waals surface area contributed by atoms with Crippen molar-refractivity contribution in [3.8, 4) is 0 Å². The fourth-order valence-electron chi connectivity index (χ4n) is 2.81. The number of carbonyl (C=O) groups is 1. The monoisotopic (exact) mass is 330 g/mol. The van der Waals surface area contributed by atoms with Crippen LogP contribution < -0.4 is 4.90 Å². The summed E-state index contributed by atoms with van der Waals surface area (Å²) in [6, 6.07) is 1.41. The Labute approximate surface area is 132 Å². The van der Waals surface area contributed by atoms with Crippen molar-refractivity contribution < 1.29 is 18.7 Å². The molecule has 22 heavy (non-hydrogen) atoms. The van der Waals surface area contributed by atoms with Crippen LogP contribution >= 0.6 is 11.6 Å². The predicted molar refractivity (Wildman–Crippen MR) is 79.2 cm³/mol. The van der Waals surface area contributed by atoms with Crippen LogP contribution in [-0.2, 0) is 0 Å². The van der Waals surface area contributed by atoms with E-state index in [4.69, 9.17) is 11.6 Å². The molecule has 120 valence electrons. The van der Waals surface area contributed by atoms with Gasteiger partial charge in [-0.05, 0) is 25.3 Å². The first-order valence-electron chi connectivity index (χ1n) is 7.44. The highest BCUT2D eigenvalue weighted by molar-refractivity contribution is 6.31. The van der Waals surface area contributed by atoms with Crippen molar-refractivity contribution in [2.75, 3.05) is 18.0 Å². The van der Waals surface area contributed by atoms with Crippen LogP contribution in [0.2, 0.25) is 5.02 Å². The Morgan fingerprint density at radius 3 is 2.73 bits per heavy atom. The molecular formula is C15H17ClF2N2O2. The minimum atomic E-state index is -2.69. The Bertz CT molecular complexity index is 605. The predicted octanol–water partition coefficient (Wildman–Crippen LogP) is 3.94. The van der Waals surface area contributed by atoms with Gasteiger partial charge in [0, 0.05) is 31.8 Å². The maximum atomic E-state index is 13.5.